The van der Waals surface area contributed by atoms with E-state index in [1.807, 2.05) is 19.1 Å². The van der Waals surface area contributed by atoms with Crippen LogP contribution in [0.4, 0.5) is 5.69 Å². The summed E-state index contributed by atoms with van der Waals surface area (Å²) in [6.07, 6.45) is 0. The summed E-state index contributed by atoms with van der Waals surface area (Å²) in [7, 11) is 0. The van der Waals surface area contributed by atoms with Crippen molar-refractivity contribution in [1.82, 2.24) is 5.32 Å². The van der Waals surface area contributed by atoms with Crippen LogP contribution < -0.4 is 15.0 Å². The molecule has 7 nitrogen and oxygen atoms in total. The number of ether oxygens (including phenoxy) is 1. The summed E-state index contributed by atoms with van der Waals surface area (Å²) in [6, 6.07) is 4.32. The van der Waals surface area contributed by atoms with Gasteiger partial charge in [-0.15, -0.1) is 0 Å². The number of hydrogen-bond donors (Lipinski definition) is 2. The fourth-order valence-electron chi connectivity index (χ4n) is 2.02. The molecule has 1 amide bonds. The molecule has 1 aliphatic rings. The highest BCUT2D eigenvalue weighted by molar-refractivity contribution is 5.91. The van der Waals surface area contributed by atoms with E-state index >= 15 is 0 Å². The van der Waals surface area contributed by atoms with Crippen LogP contribution in [0.2, 0.25) is 0 Å². The summed E-state index contributed by atoms with van der Waals surface area (Å²) in [5.41, 5.74) is 1.61. The Kier molecular flexibility index (Phi) is 4.11. The first-order chi connectivity index (χ1) is 9.86. The number of aliphatic carboxylic acids is 1. The van der Waals surface area contributed by atoms with E-state index in [0.29, 0.717) is 11.4 Å². The van der Waals surface area contributed by atoms with Crippen molar-refractivity contribution < 1.29 is 24.2 Å². The van der Waals surface area contributed by atoms with E-state index in [1.54, 1.807) is 11.0 Å². The second-order valence-corrected chi connectivity index (χ2v) is 4.93. The molecule has 0 saturated carbocycles. The molecule has 1 atom stereocenters. The number of carboxylic acids is 1. The number of fused-ring (bicyclic) bond motifs is 1. The first-order valence-corrected chi connectivity index (χ1v) is 6.45. The number of amides is 1. The van der Waals surface area contributed by atoms with Gasteiger partial charge >= 0.3 is 11.9 Å². The van der Waals surface area contributed by atoms with Gasteiger partial charge in [-0.1, -0.05) is 6.07 Å². The monoisotopic (exact) mass is 292 g/mol. The zero-order valence-electron chi connectivity index (χ0n) is 11.8. The van der Waals surface area contributed by atoms with Crippen molar-refractivity contribution in [3.8, 4) is 5.75 Å². The Morgan fingerprint density at radius 3 is 2.86 bits per heavy atom. The number of carbonyl (C=O) groups excluding carboxylic acids is 2. The Labute approximate surface area is 121 Å². The zero-order valence-corrected chi connectivity index (χ0v) is 11.8. The molecule has 1 unspecified atom stereocenters. The molecule has 0 bridgehead atoms. The third kappa shape index (κ3) is 3.50. The molecule has 0 radical (unpaired) electrons. The number of esters is 1. The fourth-order valence-corrected chi connectivity index (χ4v) is 2.02. The van der Waals surface area contributed by atoms with Crippen LogP contribution >= 0.6 is 0 Å². The third-order valence-electron chi connectivity index (χ3n) is 3.08. The lowest BCUT2D eigenvalue weighted by Crippen LogP contribution is -2.47. The number of carbonyl (C=O) groups is 3. The van der Waals surface area contributed by atoms with Gasteiger partial charge in [0.05, 0.1) is 12.2 Å². The van der Waals surface area contributed by atoms with Gasteiger partial charge in [-0.05, 0) is 31.5 Å². The normalized spacial score (nSPS) is 15.0. The fraction of sp³-hybridized carbons (Fsp3) is 0.357. The molecule has 112 valence electrons. The first-order valence-electron chi connectivity index (χ1n) is 6.45. The predicted molar refractivity (Wildman–Crippen MR) is 74.3 cm³/mol. The molecular weight excluding hydrogens is 276 g/mol. The molecule has 21 heavy (non-hydrogen) atoms. The summed E-state index contributed by atoms with van der Waals surface area (Å²) in [5.74, 6) is -1.63. The van der Waals surface area contributed by atoms with E-state index in [2.05, 4.69) is 5.32 Å². The third-order valence-corrected chi connectivity index (χ3v) is 3.08. The molecule has 0 aliphatic carbocycles. The molecule has 0 spiro atoms. The lowest BCUT2D eigenvalue weighted by Gasteiger charge is -2.29. The zero-order chi connectivity index (χ0) is 15.6. The highest BCUT2D eigenvalue weighted by Gasteiger charge is 2.26. The molecule has 1 heterocycles. The second-order valence-electron chi connectivity index (χ2n) is 4.93. The van der Waals surface area contributed by atoms with Crippen LogP contribution in [0.25, 0.3) is 0 Å². The average Bonchev–Trinajstić information content (AvgIpc) is 2.39. The number of hydrogen-bond acceptors (Lipinski definition) is 5. The van der Waals surface area contributed by atoms with Crippen LogP contribution in [-0.2, 0) is 14.4 Å². The van der Waals surface area contributed by atoms with Gasteiger partial charge in [0.1, 0.15) is 12.6 Å². The largest absolute Gasteiger partial charge is 0.480 e. The van der Waals surface area contributed by atoms with E-state index in [0.717, 1.165) is 5.56 Å². The summed E-state index contributed by atoms with van der Waals surface area (Å²) in [4.78, 5) is 35.7. The van der Waals surface area contributed by atoms with E-state index in [-0.39, 0.29) is 13.1 Å². The standard InChI is InChI=1S/C14H16N2O5/c1-8-3-4-11-10(5-8)16(7-13(18)21-11)6-12(17)15-9(2)14(19)20/h3-5,9H,6-7H2,1-2H3,(H,15,17)(H,19,20). The number of nitrogens with zero attached hydrogens (tertiary/aromatic N) is 1. The molecule has 1 aromatic carbocycles. The summed E-state index contributed by atoms with van der Waals surface area (Å²) >= 11 is 0. The number of carboxylic acid groups (broad SMARTS) is 1. The van der Waals surface area contributed by atoms with Crippen LogP contribution in [0.5, 0.6) is 5.75 Å². The van der Waals surface area contributed by atoms with Gasteiger partial charge in [0.15, 0.2) is 5.75 Å². The molecule has 2 N–H and O–H groups in total. The maximum atomic E-state index is 11.9. The van der Waals surface area contributed by atoms with Gasteiger partial charge in [-0.3, -0.25) is 9.59 Å². The van der Waals surface area contributed by atoms with Gasteiger partial charge in [-0.2, -0.15) is 0 Å². The van der Waals surface area contributed by atoms with E-state index < -0.39 is 23.9 Å². The van der Waals surface area contributed by atoms with Crippen molar-refractivity contribution in [3.05, 3.63) is 23.8 Å². The van der Waals surface area contributed by atoms with Crippen LogP contribution in [0.1, 0.15) is 12.5 Å². The summed E-state index contributed by atoms with van der Waals surface area (Å²) in [6.45, 7) is 3.11. The lowest BCUT2D eigenvalue weighted by molar-refractivity contribution is -0.141. The highest BCUT2D eigenvalue weighted by atomic mass is 16.5. The van der Waals surface area contributed by atoms with Crippen molar-refractivity contribution in [3.63, 3.8) is 0 Å². The topological polar surface area (TPSA) is 95.9 Å². The molecule has 0 aromatic heterocycles. The molecule has 0 saturated heterocycles. The van der Waals surface area contributed by atoms with Gasteiger partial charge < -0.3 is 20.1 Å². The van der Waals surface area contributed by atoms with Crippen LogP contribution in [0.3, 0.4) is 0 Å². The quantitative estimate of drug-likeness (QED) is 0.612. The van der Waals surface area contributed by atoms with E-state index in [9.17, 15) is 14.4 Å². The van der Waals surface area contributed by atoms with Crippen LogP contribution in [-0.4, -0.2) is 42.1 Å². The van der Waals surface area contributed by atoms with Gasteiger partial charge in [0.2, 0.25) is 5.91 Å². The lowest BCUT2D eigenvalue weighted by atomic mass is 10.1. The molecule has 2 rings (SSSR count). The van der Waals surface area contributed by atoms with Crippen molar-refractivity contribution in [2.45, 2.75) is 19.9 Å². The molecule has 0 fully saturated rings. The molecule has 1 aromatic rings. The predicted octanol–water partition coefficient (Wildman–Crippen LogP) is 0.310. The SMILES string of the molecule is Cc1ccc2c(c1)N(CC(=O)NC(C)C(=O)O)CC(=O)O2. The summed E-state index contributed by atoms with van der Waals surface area (Å²) in [5, 5.41) is 11.1. The van der Waals surface area contributed by atoms with Crippen molar-refractivity contribution >= 4 is 23.5 Å². The second kappa shape index (κ2) is 5.82. The number of benzene rings is 1. The van der Waals surface area contributed by atoms with Crippen molar-refractivity contribution in [2.75, 3.05) is 18.0 Å². The Hall–Kier alpha value is -2.57. The number of anilines is 1. The molecular formula is C14H16N2O5. The minimum atomic E-state index is -1.11. The molecule has 1 aliphatic heterocycles. The maximum absolute atomic E-state index is 11.9. The maximum Gasteiger partial charge on any atom is 0.331 e. The number of rotatable bonds is 4. The Morgan fingerprint density at radius 1 is 1.48 bits per heavy atom. The van der Waals surface area contributed by atoms with Crippen LogP contribution in [0, 0.1) is 6.92 Å². The average molecular weight is 292 g/mol. The Bertz CT molecular complexity index is 599. The van der Waals surface area contributed by atoms with E-state index in [4.69, 9.17) is 9.84 Å². The smallest absolute Gasteiger partial charge is 0.331 e. The minimum absolute atomic E-state index is 0.0503. The highest BCUT2D eigenvalue weighted by Crippen LogP contribution is 2.32. The van der Waals surface area contributed by atoms with Gasteiger partial charge in [0.25, 0.3) is 0 Å². The molecule has 7 heteroatoms. The van der Waals surface area contributed by atoms with Gasteiger partial charge in [-0.25, -0.2) is 4.79 Å². The number of aryl methyl sites for hydroxylation is 1. The minimum Gasteiger partial charge on any atom is -0.480 e. The number of nitrogens with one attached hydrogen (secondary N) is 1. The Balaban J connectivity index is 2.14. The van der Waals surface area contributed by atoms with Crippen LogP contribution in [0.15, 0.2) is 18.2 Å². The Morgan fingerprint density at radius 2 is 2.19 bits per heavy atom. The first kappa shape index (κ1) is 14.8. The summed E-state index contributed by atoms with van der Waals surface area (Å²) < 4.78 is 5.11. The van der Waals surface area contributed by atoms with E-state index in [1.165, 1.54) is 6.92 Å². The van der Waals surface area contributed by atoms with Gasteiger partial charge in [0, 0.05) is 0 Å². The van der Waals surface area contributed by atoms with Crippen molar-refractivity contribution in [1.29, 1.82) is 0 Å². The van der Waals surface area contributed by atoms with Crippen molar-refractivity contribution in [2.24, 2.45) is 0 Å².